The van der Waals surface area contributed by atoms with Crippen LogP contribution in [-0.2, 0) is 29.6 Å². The number of carbonyl (C=O) groups is 3. The summed E-state index contributed by atoms with van der Waals surface area (Å²) in [5, 5.41) is 6.64. The number of imidazole rings is 1. The second-order valence-corrected chi connectivity index (χ2v) is 21.9. The third kappa shape index (κ3) is 8.69. The van der Waals surface area contributed by atoms with E-state index < -0.39 is 11.9 Å². The zero-order valence-electron chi connectivity index (χ0n) is 42.9. The number of hydrogen-bond acceptors (Lipinski definition) is 10. The van der Waals surface area contributed by atoms with Crippen molar-refractivity contribution in [3.8, 4) is 5.69 Å². The van der Waals surface area contributed by atoms with Gasteiger partial charge in [-0.2, -0.15) is 0 Å². The van der Waals surface area contributed by atoms with Crippen molar-refractivity contribution < 1.29 is 18.8 Å². The van der Waals surface area contributed by atoms with Gasteiger partial charge in [0.1, 0.15) is 17.5 Å². The average Bonchev–Trinajstić information content (AvgIpc) is 3.89. The second kappa shape index (κ2) is 19.2. The molecule has 1 saturated carbocycles. The fourth-order valence-corrected chi connectivity index (χ4v) is 12.9. The summed E-state index contributed by atoms with van der Waals surface area (Å²) < 4.78 is 23.5. The van der Waals surface area contributed by atoms with E-state index in [1.165, 1.54) is 6.07 Å². The van der Waals surface area contributed by atoms with Crippen molar-refractivity contribution >= 4 is 51.0 Å². The van der Waals surface area contributed by atoms with E-state index in [4.69, 9.17) is 4.98 Å². The summed E-state index contributed by atoms with van der Waals surface area (Å²) in [4.78, 5) is 80.0. The number of amides is 3. The van der Waals surface area contributed by atoms with Gasteiger partial charge >= 0.3 is 5.69 Å². The van der Waals surface area contributed by atoms with Crippen LogP contribution in [0, 0.1) is 18.7 Å². The lowest BCUT2D eigenvalue weighted by Gasteiger charge is -2.42. The summed E-state index contributed by atoms with van der Waals surface area (Å²) in [5.74, 6) is -0.692. The summed E-state index contributed by atoms with van der Waals surface area (Å²) in [7, 11) is 2.02. The molecule has 0 bridgehead atoms. The molecule has 17 heteroatoms. The number of nitrogens with one attached hydrogen (secondary N) is 2. The number of anilines is 1. The van der Waals surface area contributed by atoms with Crippen molar-refractivity contribution in [2.75, 3.05) is 64.2 Å². The van der Waals surface area contributed by atoms with Gasteiger partial charge in [0.05, 0.1) is 16.7 Å². The highest BCUT2D eigenvalue weighted by Gasteiger charge is 2.36. The SMILES string of the molecule is Cc1cc(C(=O)N2CCC(CN3CCN(Cc4ccc5c(c4)n(C4CC4)c(=O)n5[C@@H]4CCC(=O)NC4=O)C[C@@H]3C)CC2)cc(F)c1C1=CCN([C@@H](C)c2cc3c(-n4ccc5c(c4=O)CCN5)ccnc3n2C)CC1. The van der Waals surface area contributed by atoms with Crippen molar-refractivity contribution in [3.05, 3.63) is 127 Å². The van der Waals surface area contributed by atoms with Crippen LogP contribution in [0.1, 0.15) is 115 Å². The number of rotatable bonds is 11. The number of benzene rings is 2. The molecule has 1 aliphatic carbocycles. The molecule has 6 aromatic rings. The molecule has 3 atom stereocenters. The van der Waals surface area contributed by atoms with Crippen LogP contribution in [-0.4, -0.2) is 126 Å². The van der Waals surface area contributed by atoms with Gasteiger partial charge in [0, 0.05) is 143 Å². The van der Waals surface area contributed by atoms with Gasteiger partial charge in [-0.25, -0.2) is 14.2 Å². The first-order chi connectivity index (χ1) is 35.8. The molecule has 9 heterocycles. The zero-order chi connectivity index (χ0) is 51.1. The minimum absolute atomic E-state index is 0.00200. The number of hydrogen-bond donors (Lipinski definition) is 2. The number of carbonyl (C=O) groups excluding carboxylic acids is 3. The van der Waals surface area contributed by atoms with Crippen LogP contribution in [0.5, 0.6) is 0 Å². The maximum absolute atomic E-state index is 16.2. The van der Waals surface area contributed by atoms with Gasteiger partial charge in [0.2, 0.25) is 11.8 Å². The molecule has 4 fully saturated rings. The van der Waals surface area contributed by atoms with E-state index in [0.29, 0.717) is 62.0 Å². The Bertz CT molecular complexity index is 3390. The van der Waals surface area contributed by atoms with Gasteiger partial charge in [0.15, 0.2) is 0 Å². The summed E-state index contributed by atoms with van der Waals surface area (Å²) in [6.45, 7) is 14.4. The number of nitrogens with zero attached hydrogens (tertiary/aromatic N) is 9. The fourth-order valence-electron chi connectivity index (χ4n) is 12.9. The van der Waals surface area contributed by atoms with E-state index in [-0.39, 0.29) is 47.4 Å². The van der Waals surface area contributed by atoms with E-state index in [1.54, 1.807) is 15.3 Å². The molecule has 6 aliphatic rings. The van der Waals surface area contributed by atoms with E-state index in [1.807, 2.05) is 53.9 Å². The molecule has 3 saturated heterocycles. The molecule has 386 valence electrons. The highest BCUT2D eigenvalue weighted by molar-refractivity contribution is 6.00. The third-order valence-electron chi connectivity index (χ3n) is 17.2. The number of piperidine rings is 2. The van der Waals surface area contributed by atoms with Gasteiger partial charge in [-0.3, -0.25) is 52.9 Å². The molecule has 0 radical (unpaired) electrons. The van der Waals surface area contributed by atoms with Gasteiger partial charge in [-0.05, 0) is 131 Å². The average molecular weight is 1000 g/mol. The number of piperazine rings is 1. The predicted molar refractivity (Wildman–Crippen MR) is 283 cm³/mol. The number of aryl methyl sites for hydroxylation is 2. The summed E-state index contributed by atoms with van der Waals surface area (Å²) in [6.07, 6.45) is 11.4. The topological polar surface area (TPSA) is 155 Å². The van der Waals surface area contributed by atoms with Gasteiger partial charge in [0.25, 0.3) is 11.5 Å². The Morgan fingerprint density at radius 2 is 1.72 bits per heavy atom. The molecule has 4 aromatic heterocycles. The molecule has 74 heavy (non-hydrogen) atoms. The van der Waals surface area contributed by atoms with Crippen LogP contribution < -0.4 is 21.9 Å². The van der Waals surface area contributed by atoms with Crippen LogP contribution in [0.2, 0.25) is 0 Å². The van der Waals surface area contributed by atoms with Crippen molar-refractivity contribution in [1.82, 2.24) is 48.2 Å². The van der Waals surface area contributed by atoms with E-state index in [2.05, 4.69) is 68.0 Å². The Labute approximate surface area is 429 Å². The molecule has 3 amide bonds. The van der Waals surface area contributed by atoms with Crippen LogP contribution in [0.15, 0.2) is 76.6 Å². The fraction of sp³-hybridized carbons (Fsp3) is 0.474. The highest BCUT2D eigenvalue weighted by atomic mass is 19.1. The smallest absolute Gasteiger partial charge is 0.330 e. The third-order valence-corrected chi connectivity index (χ3v) is 17.2. The van der Waals surface area contributed by atoms with Crippen LogP contribution in [0.25, 0.3) is 33.3 Å². The summed E-state index contributed by atoms with van der Waals surface area (Å²) >= 11 is 0. The monoisotopic (exact) mass is 1000 g/mol. The standard InChI is InChI=1S/C57H66FN11O5/c1-34-27-40(29-44(58)52(34)39-15-22-64(23-16-39)36(3)49-30-43-46(12-19-60-53(43)62(49)4)67-24-17-45-42(56(67)73)11-18-59-45)55(72)65-20-13-37(14-21-65)33-66-26-25-63(31-35(66)2)32-38-5-8-47-50(28-38)68(41-6-7-41)57(74)69(47)48-9-10-51(70)61-54(48)71/h5,8,12,15,17,19,24,27-30,35-37,41,48,59H,6-7,9-11,13-14,16,18,20-23,25-26,31-33H2,1-4H3,(H,61,70,71)/t35-,36-,48+/m0/s1. The normalized spacial score (nSPS) is 21.8. The molecule has 12 rings (SSSR count). The van der Waals surface area contributed by atoms with Crippen LogP contribution in [0.4, 0.5) is 10.1 Å². The van der Waals surface area contributed by atoms with Crippen LogP contribution in [0.3, 0.4) is 0 Å². The lowest BCUT2D eigenvalue weighted by molar-refractivity contribution is -0.135. The largest absolute Gasteiger partial charge is 0.384 e. The molecule has 0 unspecified atom stereocenters. The highest BCUT2D eigenvalue weighted by Crippen LogP contribution is 2.38. The summed E-state index contributed by atoms with van der Waals surface area (Å²) in [5.41, 5.74) is 9.75. The van der Waals surface area contributed by atoms with Crippen molar-refractivity contribution in [2.45, 2.75) is 103 Å². The van der Waals surface area contributed by atoms with Crippen molar-refractivity contribution in [2.24, 2.45) is 13.0 Å². The molecule has 16 nitrogen and oxygen atoms in total. The van der Waals surface area contributed by atoms with Gasteiger partial charge < -0.3 is 14.8 Å². The Morgan fingerprint density at radius 1 is 0.892 bits per heavy atom. The lowest BCUT2D eigenvalue weighted by Crippen LogP contribution is -2.53. The Kier molecular flexibility index (Phi) is 12.5. The zero-order valence-corrected chi connectivity index (χ0v) is 42.9. The molecule has 5 aliphatic heterocycles. The van der Waals surface area contributed by atoms with Gasteiger partial charge in [-0.15, -0.1) is 0 Å². The Hall–Kier alpha value is -6.69. The van der Waals surface area contributed by atoms with Crippen molar-refractivity contribution in [3.63, 3.8) is 0 Å². The molecule has 0 spiro atoms. The second-order valence-electron chi connectivity index (χ2n) is 21.9. The molecule has 2 N–H and O–H groups in total. The van der Waals surface area contributed by atoms with E-state index >= 15 is 4.39 Å². The predicted octanol–water partition coefficient (Wildman–Crippen LogP) is 6.48. The number of fused-ring (bicyclic) bond motifs is 3. The number of likely N-dealkylation sites (tertiary alicyclic amines) is 1. The maximum atomic E-state index is 16.2. The quantitative estimate of drug-likeness (QED) is 0.138. The Morgan fingerprint density at radius 3 is 2.46 bits per heavy atom. The Balaban J connectivity index is 0.642. The minimum Gasteiger partial charge on any atom is -0.384 e. The molecule has 2 aromatic carbocycles. The first kappa shape index (κ1) is 48.3. The van der Waals surface area contributed by atoms with Gasteiger partial charge in [-0.1, -0.05) is 12.1 Å². The summed E-state index contributed by atoms with van der Waals surface area (Å²) in [6, 6.07) is 15.4. The number of imide groups is 1. The first-order valence-electron chi connectivity index (χ1n) is 26.8. The first-order valence-corrected chi connectivity index (χ1v) is 26.8. The number of halogens is 1. The van der Waals surface area contributed by atoms with Crippen LogP contribution >= 0.6 is 0 Å². The van der Waals surface area contributed by atoms with E-state index in [9.17, 15) is 24.0 Å². The van der Waals surface area contributed by atoms with Crippen molar-refractivity contribution in [1.29, 1.82) is 0 Å². The lowest BCUT2D eigenvalue weighted by atomic mass is 9.92. The maximum Gasteiger partial charge on any atom is 0.330 e. The number of aromatic nitrogens is 5. The molecular formula is C57H66FN11O5. The molecular weight excluding hydrogens is 938 g/mol. The van der Waals surface area contributed by atoms with E-state index in [0.717, 1.165) is 133 Å². The minimum atomic E-state index is -0.689. The number of pyridine rings is 2.